The van der Waals surface area contributed by atoms with E-state index in [4.69, 9.17) is 17.3 Å². The van der Waals surface area contributed by atoms with Crippen LogP contribution in [0.3, 0.4) is 0 Å². The number of rotatable bonds is 3. The summed E-state index contributed by atoms with van der Waals surface area (Å²) in [7, 11) is 0. The van der Waals surface area contributed by atoms with Gasteiger partial charge in [0, 0.05) is 13.1 Å². The van der Waals surface area contributed by atoms with E-state index in [0.29, 0.717) is 25.2 Å². The first kappa shape index (κ1) is 13.7. The van der Waals surface area contributed by atoms with Crippen molar-refractivity contribution in [1.82, 2.24) is 0 Å². The maximum Gasteiger partial charge on any atom is 0.339 e. The number of benzene rings is 1. The largest absolute Gasteiger partial charge is 0.478 e. The van der Waals surface area contributed by atoms with E-state index in [2.05, 4.69) is 0 Å². The number of nitrogens with two attached hydrogens (primary N) is 1. The minimum atomic E-state index is -1.08. The number of anilines is 1. The summed E-state index contributed by atoms with van der Waals surface area (Å²) in [5.41, 5.74) is 5.37. The number of carboxylic acids is 1. The third-order valence-corrected chi connectivity index (χ3v) is 3.93. The summed E-state index contributed by atoms with van der Waals surface area (Å²) >= 11 is 5.94. The first-order valence-corrected chi connectivity index (χ1v) is 6.29. The molecule has 6 heteroatoms. The molecule has 1 fully saturated rings. The zero-order valence-electron chi connectivity index (χ0n) is 10.5. The van der Waals surface area contributed by atoms with E-state index in [1.54, 1.807) is 19.1 Å². The molecule has 0 spiro atoms. The Bertz CT molecular complexity index is 547. The van der Waals surface area contributed by atoms with Crippen LogP contribution in [0.5, 0.6) is 0 Å². The monoisotopic (exact) mass is 282 g/mol. The lowest BCUT2D eigenvalue weighted by atomic mass is 9.89. The molecule has 0 aliphatic carbocycles. The van der Waals surface area contributed by atoms with Gasteiger partial charge in [-0.2, -0.15) is 0 Å². The highest BCUT2D eigenvalue weighted by Crippen LogP contribution is 2.36. The lowest BCUT2D eigenvalue weighted by Gasteiger charge is -2.24. The fraction of sp³-hybridized carbons (Fsp3) is 0.385. The van der Waals surface area contributed by atoms with Gasteiger partial charge in [-0.15, -0.1) is 0 Å². The molecular weight excluding hydrogens is 268 g/mol. The minimum Gasteiger partial charge on any atom is -0.478 e. The van der Waals surface area contributed by atoms with Crippen molar-refractivity contribution in [1.29, 1.82) is 0 Å². The molecule has 1 aromatic carbocycles. The number of carbonyl (C=O) groups excluding carboxylic acids is 1. The van der Waals surface area contributed by atoms with Crippen molar-refractivity contribution in [2.45, 2.75) is 13.3 Å². The molecule has 1 atom stereocenters. The van der Waals surface area contributed by atoms with Gasteiger partial charge in [0.25, 0.3) is 0 Å². The Labute approximate surface area is 116 Å². The van der Waals surface area contributed by atoms with E-state index in [9.17, 15) is 14.7 Å². The van der Waals surface area contributed by atoms with Crippen molar-refractivity contribution in [3.8, 4) is 0 Å². The SMILES string of the molecule is CC1(C(N)=O)CCN(c2cccc(Cl)c2C(=O)O)C1. The minimum absolute atomic E-state index is 0.0675. The Morgan fingerprint density at radius 2 is 2.16 bits per heavy atom. The smallest absolute Gasteiger partial charge is 0.339 e. The molecule has 0 aromatic heterocycles. The highest BCUT2D eigenvalue weighted by molar-refractivity contribution is 6.34. The maximum absolute atomic E-state index is 11.4. The molecule has 19 heavy (non-hydrogen) atoms. The quantitative estimate of drug-likeness (QED) is 0.884. The van der Waals surface area contributed by atoms with E-state index in [-0.39, 0.29) is 16.5 Å². The highest BCUT2D eigenvalue weighted by Gasteiger charge is 2.40. The Hall–Kier alpha value is -1.75. The van der Waals surface area contributed by atoms with Crippen LogP contribution in [-0.4, -0.2) is 30.1 Å². The molecule has 102 valence electrons. The molecule has 1 aliphatic rings. The predicted octanol–water partition coefficient (Wildman–Crippen LogP) is 1.74. The van der Waals surface area contributed by atoms with E-state index in [1.807, 2.05) is 4.90 Å². The second-order valence-electron chi connectivity index (χ2n) is 5.04. The number of aromatic carboxylic acids is 1. The summed E-state index contributed by atoms with van der Waals surface area (Å²) in [4.78, 5) is 24.6. The lowest BCUT2D eigenvalue weighted by Crippen LogP contribution is -2.37. The number of primary amides is 1. The van der Waals surface area contributed by atoms with Crippen molar-refractivity contribution >= 4 is 29.2 Å². The van der Waals surface area contributed by atoms with Crippen LogP contribution in [0.4, 0.5) is 5.69 Å². The first-order valence-electron chi connectivity index (χ1n) is 5.92. The zero-order valence-corrected chi connectivity index (χ0v) is 11.3. The van der Waals surface area contributed by atoms with E-state index >= 15 is 0 Å². The van der Waals surface area contributed by atoms with Crippen molar-refractivity contribution in [2.24, 2.45) is 11.1 Å². The van der Waals surface area contributed by atoms with Crippen LogP contribution in [0.25, 0.3) is 0 Å². The van der Waals surface area contributed by atoms with Gasteiger partial charge in [0.1, 0.15) is 5.56 Å². The number of halogens is 1. The summed E-state index contributed by atoms with van der Waals surface area (Å²) < 4.78 is 0. The average molecular weight is 283 g/mol. The Balaban J connectivity index is 2.37. The van der Waals surface area contributed by atoms with Crippen molar-refractivity contribution in [3.05, 3.63) is 28.8 Å². The third-order valence-electron chi connectivity index (χ3n) is 3.61. The lowest BCUT2D eigenvalue weighted by molar-refractivity contribution is -0.125. The Morgan fingerprint density at radius 3 is 2.68 bits per heavy atom. The Kier molecular flexibility index (Phi) is 3.41. The molecule has 1 heterocycles. The number of carbonyl (C=O) groups is 2. The number of amides is 1. The molecule has 1 unspecified atom stereocenters. The van der Waals surface area contributed by atoms with E-state index < -0.39 is 11.4 Å². The van der Waals surface area contributed by atoms with Crippen LogP contribution in [-0.2, 0) is 4.79 Å². The van der Waals surface area contributed by atoms with Gasteiger partial charge < -0.3 is 15.7 Å². The Morgan fingerprint density at radius 1 is 1.47 bits per heavy atom. The normalized spacial score (nSPS) is 22.5. The number of hydrogen-bond donors (Lipinski definition) is 2. The fourth-order valence-corrected chi connectivity index (χ4v) is 2.61. The van der Waals surface area contributed by atoms with Gasteiger partial charge in [-0.3, -0.25) is 4.79 Å². The number of carboxylic acid groups (broad SMARTS) is 1. The van der Waals surface area contributed by atoms with Gasteiger partial charge in [-0.05, 0) is 25.5 Å². The van der Waals surface area contributed by atoms with Gasteiger partial charge in [0.2, 0.25) is 5.91 Å². The fourth-order valence-electron chi connectivity index (χ4n) is 2.36. The van der Waals surface area contributed by atoms with Gasteiger partial charge in [0.05, 0.1) is 16.1 Å². The summed E-state index contributed by atoms with van der Waals surface area (Å²) in [5.74, 6) is -1.44. The van der Waals surface area contributed by atoms with Crippen molar-refractivity contribution < 1.29 is 14.7 Å². The molecule has 1 saturated heterocycles. The number of nitrogens with zero attached hydrogens (tertiary/aromatic N) is 1. The van der Waals surface area contributed by atoms with Crippen LogP contribution in [0, 0.1) is 5.41 Å². The van der Waals surface area contributed by atoms with E-state index in [0.717, 1.165) is 0 Å². The van der Waals surface area contributed by atoms with Crippen LogP contribution < -0.4 is 10.6 Å². The molecule has 5 nitrogen and oxygen atoms in total. The molecular formula is C13H15ClN2O3. The summed E-state index contributed by atoms with van der Waals surface area (Å²) in [6, 6.07) is 4.93. The van der Waals surface area contributed by atoms with Gasteiger partial charge >= 0.3 is 5.97 Å². The molecule has 0 saturated carbocycles. The van der Waals surface area contributed by atoms with Gasteiger partial charge in [-0.25, -0.2) is 4.79 Å². The molecule has 1 aliphatic heterocycles. The van der Waals surface area contributed by atoms with Crippen molar-refractivity contribution in [3.63, 3.8) is 0 Å². The predicted molar refractivity (Wildman–Crippen MR) is 72.5 cm³/mol. The molecule has 0 bridgehead atoms. The molecule has 1 aromatic rings. The maximum atomic E-state index is 11.4. The summed E-state index contributed by atoms with van der Waals surface area (Å²) in [6.07, 6.45) is 0.605. The topological polar surface area (TPSA) is 83.6 Å². The third kappa shape index (κ3) is 2.38. The van der Waals surface area contributed by atoms with E-state index in [1.165, 1.54) is 6.07 Å². The second-order valence-corrected chi connectivity index (χ2v) is 5.44. The van der Waals surface area contributed by atoms with Gasteiger partial charge in [-0.1, -0.05) is 17.7 Å². The first-order chi connectivity index (χ1) is 8.85. The molecule has 3 N–H and O–H groups in total. The summed E-state index contributed by atoms with van der Waals surface area (Å²) in [6.45, 7) is 2.78. The van der Waals surface area contributed by atoms with Crippen LogP contribution in [0.1, 0.15) is 23.7 Å². The van der Waals surface area contributed by atoms with Crippen LogP contribution in [0.2, 0.25) is 5.02 Å². The molecule has 0 radical (unpaired) electrons. The van der Waals surface area contributed by atoms with Crippen molar-refractivity contribution in [2.75, 3.05) is 18.0 Å². The summed E-state index contributed by atoms with van der Waals surface area (Å²) in [5, 5.41) is 9.44. The van der Waals surface area contributed by atoms with Crippen LogP contribution in [0.15, 0.2) is 18.2 Å². The van der Waals surface area contributed by atoms with Crippen LogP contribution >= 0.6 is 11.6 Å². The second kappa shape index (κ2) is 4.74. The molecule has 2 rings (SSSR count). The van der Waals surface area contributed by atoms with Gasteiger partial charge in [0.15, 0.2) is 0 Å². The standard InChI is InChI=1S/C13H15ClN2O3/c1-13(12(15)19)5-6-16(7-13)9-4-2-3-8(14)10(9)11(17)18/h2-4H,5-7H2,1H3,(H2,15,19)(H,17,18). The molecule has 1 amide bonds. The number of hydrogen-bond acceptors (Lipinski definition) is 3. The zero-order chi connectivity index (χ0) is 14.2. The highest BCUT2D eigenvalue weighted by atomic mass is 35.5. The average Bonchev–Trinajstić information content (AvgIpc) is 2.72.